The Labute approximate surface area is 117 Å². The SMILES string of the molecule is Cc1ccc(Br)c(C(=O)N(C)CC2CCCN2)c1. The van der Waals surface area contributed by atoms with Crippen LogP contribution in [-0.2, 0) is 0 Å². The molecule has 1 aromatic rings. The fourth-order valence-corrected chi connectivity index (χ4v) is 2.75. The van der Waals surface area contributed by atoms with E-state index in [2.05, 4.69) is 21.2 Å². The van der Waals surface area contributed by atoms with Crippen molar-refractivity contribution in [1.82, 2.24) is 10.2 Å². The summed E-state index contributed by atoms with van der Waals surface area (Å²) in [7, 11) is 1.87. The Morgan fingerprint density at radius 3 is 3.00 bits per heavy atom. The van der Waals surface area contributed by atoms with Crippen LogP contribution in [-0.4, -0.2) is 37.0 Å². The number of halogens is 1. The van der Waals surface area contributed by atoms with Crippen LogP contribution in [0.1, 0.15) is 28.8 Å². The second kappa shape index (κ2) is 5.85. The summed E-state index contributed by atoms with van der Waals surface area (Å²) < 4.78 is 0.865. The van der Waals surface area contributed by atoms with Crippen LogP contribution in [0.2, 0.25) is 0 Å². The lowest BCUT2D eigenvalue weighted by molar-refractivity contribution is 0.0783. The summed E-state index contributed by atoms with van der Waals surface area (Å²) in [5, 5.41) is 3.41. The van der Waals surface area contributed by atoms with Crippen LogP contribution in [0.15, 0.2) is 22.7 Å². The summed E-state index contributed by atoms with van der Waals surface area (Å²) in [6.07, 6.45) is 2.37. The van der Waals surface area contributed by atoms with E-state index >= 15 is 0 Å². The number of rotatable bonds is 3. The Hall–Kier alpha value is -0.870. The molecule has 0 saturated carbocycles. The number of likely N-dealkylation sites (N-methyl/N-ethyl adjacent to an activating group) is 1. The summed E-state index contributed by atoms with van der Waals surface area (Å²) >= 11 is 3.45. The van der Waals surface area contributed by atoms with Gasteiger partial charge in [0.1, 0.15) is 0 Å². The first-order valence-corrected chi connectivity index (χ1v) is 7.12. The number of carbonyl (C=O) groups is 1. The topological polar surface area (TPSA) is 32.3 Å². The quantitative estimate of drug-likeness (QED) is 0.930. The molecule has 0 bridgehead atoms. The normalized spacial score (nSPS) is 18.9. The molecule has 1 aliphatic heterocycles. The van der Waals surface area contributed by atoms with Crippen molar-refractivity contribution in [3.63, 3.8) is 0 Å². The lowest BCUT2D eigenvalue weighted by Crippen LogP contribution is -2.38. The maximum absolute atomic E-state index is 12.4. The Morgan fingerprint density at radius 2 is 2.33 bits per heavy atom. The minimum Gasteiger partial charge on any atom is -0.340 e. The smallest absolute Gasteiger partial charge is 0.254 e. The van der Waals surface area contributed by atoms with Crippen LogP contribution in [0.4, 0.5) is 0 Å². The van der Waals surface area contributed by atoms with Crippen molar-refractivity contribution in [2.45, 2.75) is 25.8 Å². The average Bonchev–Trinajstić information content (AvgIpc) is 2.84. The van der Waals surface area contributed by atoms with E-state index in [1.807, 2.05) is 37.1 Å². The number of nitrogens with zero attached hydrogens (tertiary/aromatic N) is 1. The van der Waals surface area contributed by atoms with Crippen molar-refractivity contribution in [2.24, 2.45) is 0 Å². The highest BCUT2D eigenvalue weighted by molar-refractivity contribution is 9.10. The molecular formula is C14H19BrN2O. The maximum Gasteiger partial charge on any atom is 0.254 e. The number of aryl methyl sites for hydroxylation is 1. The molecule has 0 spiro atoms. The third-order valence-electron chi connectivity index (χ3n) is 3.36. The molecule has 1 N–H and O–H groups in total. The van der Waals surface area contributed by atoms with Gasteiger partial charge in [0.2, 0.25) is 0 Å². The van der Waals surface area contributed by atoms with Crippen LogP contribution in [0.5, 0.6) is 0 Å². The molecule has 1 heterocycles. The van der Waals surface area contributed by atoms with Crippen molar-refractivity contribution in [3.8, 4) is 0 Å². The van der Waals surface area contributed by atoms with E-state index in [1.165, 1.54) is 6.42 Å². The van der Waals surface area contributed by atoms with E-state index in [1.54, 1.807) is 0 Å². The number of hydrogen-bond acceptors (Lipinski definition) is 2. The van der Waals surface area contributed by atoms with Gasteiger partial charge in [-0.3, -0.25) is 4.79 Å². The van der Waals surface area contributed by atoms with Gasteiger partial charge in [-0.15, -0.1) is 0 Å². The monoisotopic (exact) mass is 310 g/mol. The number of amides is 1. The highest BCUT2D eigenvalue weighted by Gasteiger charge is 2.20. The molecule has 2 rings (SSSR count). The summed E-state index contributed by atoms with van der Waals surface area (Å²) in [6, 6.07) is 6.32. The lowest BCUT2D eigenvalue weighted by atomic mass is 10.1. The Morgan fingerprint density at radius 1 is 1.56 bits per heavy atom. The fourth-order valence-electron chi connectivity index (χ4n) is 2.33. The van der Waals surface area contributed by atoms with Crippen LogP contribution >= 0.6 is 15.9 Å². The minimum absolute atomic E-state index is 0.0827. The van der Waals surface area contributed by atoms with E-state index in [9.17, 15) is 4.79 Å². The minimum atomic E-state index is 0.0827. The molecule has 4 heteroatoms. The van der Waals surface area contributed by atoms with Crippen molar-refractivity contribution in [3.05, 3.63) is 33.8 Å². The van der Waals surface area contributed by atoms with Gasteiger partial charge in [-0.1, -0.05) is 11.6 Å². The van der Waals surface area contributed by atoms with Gasteiger partial charge >= 0.3 is 0 Å². The van der Waals surface area contributed by atoms with Gasteiger partial charge in [0.15, 0.2) is 0 Å². The molecule has 1 aliphatic rings. The third-order valence-corrected chi connectivity index (χ3v) is 4.05. The summed E-state index contributed by atoms with van der Waals surface area (Å²) in [6.45, 7) is 3.85. The van der Waals surface area contributed by atoms with Crippen molar-refractivity contribution < 1.29 is 4.79 Å². The molecule has 3 nitrogen and oxygen atoms in total. The highest BCUT2D eigenvalue weighted by Crippen LogP contribution is 2.20. The van der Waals surface area contributed by atoms with Gasteiger partial charge in [0, 0.05) is 24.1 Å². The van der Waals surface area contributed by atoms with E-state index < -0.39 is 0 Å². The first-order chi connectivity index (χ1) is 8.58. The Balaban J connectivity index is 2.07. The number of carbonyl (C=O) groups excluding carboxylic acids is 1. The molecule has 0 aliphatic carbocycles. The standard InChI is InChI=1S/C14H19BrN2O/c1-10-5-6-13(15)12(8-10)14(18)17(2)9-11-4-3-7-16-11/h5-6,8,11,16H,3-4,7,9H2,1-2H3. The van der Waals surface area contributed by atoms with Gasteiger partial charge in [-0.2, -0.15) is 0 Å². The van der Waals surface area contributed by atoms with Gasteiger partial charge in [0.05, 0.1) is 5.56 Å². The van der Waals surface area contributed by atoms with Crippen molar-refractivity contribution in [2.75, 3.05) is 20.1 Å². The van der Waals surface area contributed by atoms with Crippen molar-refractivity contribution in [1.29, 1.82) is 0 Å². The molecule has 1 fully saturated rings. The zero-order chi connectivity index (χ0) is 13.1. The maximum atomic E-state index is 12.4. The lowest BCUT2D eigenvalue weighted by Gasteiger charge is -2.22. The zero-order valence-electron chi connectivity index (χ0n) is 10.9. The van der Waals surface area contributed by atoms with Gasteiger partial charge in [-0.25, -0.2) is 0 Å². The van der Waals surface area contributed by atoms with Gasteiger partial charge in [0.25, 0.3) is 5.91 Å². The first kappa shape index (κ1) is 13.6. The summed E-state index contributed by atoms with van der Waals surface area (Å²) in [5.74, 6) is 0.0827. The molecule has 0 radical (unpaired) electrons. The molecule has 1 aromatic carbocycles. The largest absolute Gasteiger partial charge is 0.340 e. The fraction of sp³-hybridized carbons (Fsp3) is 0.500. The molecule has 18 heavy (non-hydrogen) atoms. The molecule has 1 unspecified atom stereocenters. The van der Waals surface area contributed by atoms with E-state index in [4.69, 9.17) is 0 Å². The van der Waals surface area contributed by atoms with Crippen LogP contribution in [0, 0.1) is 6.92 Å². The van der Waals surface area contributed by atoms with Crippen LogP contribution in [0.3, 0.4) is 0 Å². The number of hydrogen-bond donors (Lipinski definition) is 1. The molecule has 1 amide bonds. The number of nitrogens with one attached hydrogen (secondary N) is 1. The van der Waals surface area contributed by atoms with Crippen LogP contribution < -0.4 is 5.32 Å². The van der Waals surface area contributed by atoms with E-state index in [0.717, 1.165) is 35.1 Å². The molecule has 98 valence electrons. The Bertz CT molecular complexity index is 441. The zero-order valence-corrected chi connectivity index (χ0v) is 12.5. The molecular weight excluding hydrogens is 292 g/mol. The molecule has 1 saturated heterocycles. The predicted molar refractivity (Wildman–Crippen MR) is 76.9 cm³/mol. The molecule has 0 aromatic heterocycles. The molecule has 1 atom stereocenters. The summed E-state index contributed by atoms with van der Waals surface area (Å²) in [4.78, 5) is 14.2. The summed E-state index contributed by atoms with van der Waals surface area (Å²) in [5.41, 5.74) is 1.85. The van der Waals surface area contributed by atoms with E-state index in [-0.39, 0.29) is 5.91 Å². The number of benzene rings is 1. The van der Waals surface area contributed by atoms with Crippen molar-refractivity contribution >= 4 is 21.8 Å². The van der Waals surface area contributed by atoms with Gasteiger partial charge in [-0.05, 0) is 54.4 Å². The van der Waals surface area contributed by atoms with Gasteiger partial charge < -0.3 is 10.2 Å². The third kappa shape index (κ3) is 3.12. The Kier molecular flexibility index (Phi) is 4.40. The highest BCUT2D eigenvalue weighted by atomic mass is 79.9. The predicted octanol–water partition coefficient (Wildman–Crippen LogP) is 2.58. The van der Waals surface area contributed by atoms with E-state index in [0.29, 0.717) is 6.04 Å². The second-order valence-electron chi connectivity index (χ2n) is 4.96. The first-order valence-electron chi connectivity index (χ1n) is 6.33. The van der Waals surface area contributed by atoms with Crippen LogP contribution in [0.25, 0.3) is 0 Å². The average molecular weight is 311 g/mol. The second-order valence-corrected chi connectivity index (χ2v) is 5.82.